The molecule has 2 aromatic heterocycles. The molecule has 2 rings (SSSR count). The molecule has 0 aliphatic carbocycles. The highest BCUT2D eigenvalue weighted by atomic mass is 79.9. The SMILES string of the molecule is CC(Cl)c1nnc(-c2ccc(Br)cn2)s1. The van der Waals surface area contributed by atoms with Crippen molar-refractivity contribution in [1.82, 2.24) is 15.2 Å². The van der Waals surface area contributed by atoms with E-state index in [-0.39, 0.29) is 5.38 Å². The van der Waals surface area contributed by atoms with Gasteiger partial charge in [0.2, 0.25) is 0 Å². The maximum atomic E-state index is 5.91. The van der Waals surface area contributed by atoms with E-state index < -0.39 is 0 Å². The summed E-state index contributed by atoms with van der Waals surface area (Å²) in [4.78, 5) is 4.24. The smallest absolute Gasteiger partial charge is 0.166 e. The van der Waals surface area contributed by atoms with Crippen LogP contribution in [0.4, 0.5) is 0 Å². The van der Waals surface area contributed by atoms with Crippen molar-refractivity contribution in [1.29, 1.82) is 0 Å². The Morgan fingerprint density at radius 2 is 2.20 bits per heavy atom. The minimum Gasteiger partial charge on any atom is -0.252 e. The number of aromatic nitrogens is 3. The van der Waals surface area contributed by atoms with E-state index in [1.54, 1.807) is 6.20 Å². The molecule has 0 saturated carbocycles. The molecule has 0 radical (unpaired) electrons. The first-order chi connectivity index (χ1) is 7.16. The van der Waals surface area contributed by atoms with Gasteiger partial charge in [-0.1, -0.05) is 11.3 Å². The zero-order valence-electron chi connectivity index (χ0n) is 7.82. The van der Waals surface area contributed by atoms with E-state index >= 15 is 0 Å². The summed E-state index contributed by atoms with van der Waals surface area (Å²) >= 11 is 10.7. The Hall–Kier alpha value is -0.520. The molecule has 1 unspecified atom stereocenters. The predicted molar refractivity (Wildman–Crippen MR) is 65.1 cm³/mol. The second kappa shape index (κ2) is 4.55. The van der Waals surface area contributed by atoms with Crippen LogP contribution in [-0.2, 0) is 0 Å². The molecule has 2 aromatic rings. The number of hydrogen-bond donors (Lipinski definition) is 0. The number of rotatable bonds is 2. The fourth-order valence-corrected chi connectivity index (χ4v) is 2.16. The lowest BCUT2D eigenvalue weighted by Crippen LogP contribution is -1.82. The van der Waals surface area contributed by atoms with Crippen molar-refractivity contribution in [3.05, 3.63) is 27.8 Å². The average Bonchev–Trinajstić information content (AvgIpc) is 2.68. The summed E-state index contributed by atoms with van der Waals surface area (Å²) in [6.45, 7) is 1.88. The van der Waals surface area contributed by atoms with Crippen molar-refractivity contribution in [2.45, 2.75) is 12.3 Å². The van der Waals surface area contributed by atoms with E-state index in [0.717, 1.165) is 20.2 Å². The molecule has 0 bridgehead atoms. The normalized spacial score (nSPS) is 12.7. The molecule has 0 aliphatic rings. The largest absolute Gasteiger partial charge is 0.252 e. The first kappa shape index (κ1) is 11.0. The lowest BCUT2D eigenvalue weighted by atomic mass is 10.4. The Bertz CT molecular complexity index is 455. The van der Waals surface area contributed by atoms with Crippen molar-refractivity contribution in [3.63, 3.8) is 0 Å². The number of nitrogens with zero attached hydrogens (tertiary/aromatic N) is 3. The van der Waals surface area contributed by atoms with Crippen molar-refractivity contribution in [2.24, 2.45) is 0 Å². The molecule has 78 valence electrons. The van der Waals surface area contributed by atoms with Crippen LogP contribution in [0.15, 0.2) is 22.8 Å². The van der Waals surface area contributed by atoms with Gasteiger partial charge >= 0.3 is 0 Å². The van der Waals surface area contributed by atoms with Gasteiger partial charge in [-0.2, -0.15) is 0 Å². The maximum Gasteiger partial charge on any atom is 0.166 e. The van der Waals surface area contributed by atoms with Gasteiger partial charge < -0.3 is 0 Å². The van der Waals surface area contributed by atoms with Gasteiger partial charge in [0.25, 0.3) is 0 Å². The molecule has 2 heterocycles. The molecule has 1 atom stereocenters. The Labute approximate surface area is 105 Å². The molecule has 3 nitrogen and oxygen atoms in total. The van der Waals surface area contributed by atoms with E-state index in [1.165, 1.54) is 11.3 Å². The predicted octanol–water partition coefficient (Wildman–Crippen LogP) is 3.66. The maximum absolute atomic E-state index is 5.91. The van der Waals surface area contributed by atoms with Gasteiger partial charge in [-0.3, -0.25) is 4.98 Å². The van der Waals surface area contributed by atoms with Crippen LogP contribution in [0.25, 0.3) is 10.7 Å². The molecule has 0 saturated heterocycles. The highest BCUT2D eigenvalue weighted by Gasteiger charge is 2.11. The third-order valence-corrected chi connectivity index (χ3v) is 3.66. The third-order valence-electron chi connectivity index (χ3n) is 1.73. The van der Waals surface area contributed by atoms with Crippen LogP contribution in [-0.4, -0.2) is 15.2 Å². The molecule has 0 spiro atoms. The molecule has 0 fully saturated rings. The summed E-state index contributed by atoms with van der Waals surface area (Å²) < 4.78 is 0.946. The quantitative estimate of drug-likeness (QED) is 0.795. The van der Waals surface area contributed by atoms with Crippen LogP contribution in [0.1, 0.15) is 17.3 Å². The third kappa shape index (κ3) is 2.53. The summed E-state index contributed by atoms with van der Waals surface area (Å²) in [7, 11) is 0. The molecule has 0 amide bonds. The summed E-state index contributed by atoms with van der Waals surface area (Å²) in [6.07, 6.45) is 1.74. The zero-order chi connectivity index (χ0) is 10.8. The molecule has 0 aromatic carbocycles. The van der Waals surface area contributed by atoms with E-state index in [9.17, 15) is 0 Å². The standard InChI is InChI=1S/C9H7BrClN3S/c1-5(11)8-13-14-9(15-8)7-3-2-6(10)4-12-7/h2-5H,1H3. The number of pyridine rings is 1. The van der Waals surface area contributed by atoms with Crippen molar-refractivity contribution in [3.8, 4) is 10.7 Å². The Balaban J connectivity index is 2.33. The molecule has 6 heteroatoms. The lowest BCUT2D eigenvalue weighted by molar-refractivity contribution is 0.961. The van der Waals surface area contributed by atoms with Crippen molar-refractivity contribution < 1.29 is 0 Å². The lowest BCUT2D eigenvalue weighted by Gasteiger charge is -1.94. The molecular weight excluding hydrogens is 298 g/mol. The van der Waals surface area contributed by atoms with Crippen molar-refractivity contribution >= 4 is 38.9 Å². The highest BCUT2D eigenvalue weighted by Crippen LogP contribution is 2.28. The van der Waals surface area contributed by atoms with Gasteiger partial charge in [0, 0.05) is 10.7 Å². The molecular formula is C9H7BrClN3S. The summed E-state index contributed by atoms with van der Waals surface area (Å²) in [5.74, 6) is 0. The van der Waals surface area contributed by atoms with Crippen LogP contribution >= 0.6 is 38.9 Å². The Morgan fingerprint density at radius 1 is 1.40 bits per heavy atom. The molecule has 0 aliphatic heterocycles. The summed E-state index contributed by atoms with van der Waals surface area (Å²) in [5, 5.41) is 9.55. The average molecular weight is 305 g/mol. The minimum absolute atomic E-state index is 0.105. The van der Waals surface area contributed by atoms with E-state index in [0.29, 0.717) is 0 Å². The second-order valence-electron chi connectivity index (χ2n) is 2.92. The fourth-order valence-electron chi connectivity index (χ4n) is 1.00. The van der Waals surface area contributed by atoms with Crippen LogP contribution in [0.5, 0.6) is 0 Å². The van der Waals surface area contributed by atoms with E-state index in [1.807, 2.05) is 19.1 Å². The number of halogens is 2. The first-order valence-electron chi connectivity index (χ1n) is 4.26. The number of alkyl halides is 1. The van der Waals surface area contributed by atoms with Gasteiger partial charge in [0.1, 0.15) is 10.7 Å². The van der Waals surface area contributed by atoms with Gasteiger partial charge in [-0.15, -0.1) is 21.8 Å². The van der Waals surface area contributed by atoms with E-state index in [2.05, 4.69) is 31.1 Å². The Morgan fingerprint density at radius 3 is 2.73 bits per heavy atom. The van der Waals surface area contributed by atoms with Crippen LogP contribution in [0.3, 0.4) is 0 Å². The monoisotopic (exact) mass is 303 g/mol. The second-order valence-corrected chi connectivity index (χ2v) is 5.50. The zero-order valence-corrected chi connectivity index (χ0v) is 11.0. The summed E-state index contributed by atoms with van der Waals surface area (Å²) in [5.41, 5.74) is 0.819. The summed E-state index contributed by atoms with van der Waals surface area (Å²) in [6, 6.07) is 3.82. The highest BCUT2D eigenvalue weighted by molar-refractivity contribution is 9.10. The van der Waals surface area contributed by atoms with Gasteiger partial charge in [0.15, 0.2) is 5.01 Å². The topological polar surface area (TPSA) is 38.7 Å². The molecule has 15 heavy (non-hydrogen) atoms. The minimum atomic E-state index is -0.105. The van der Waals surface area contributed by atoms with Crippen LogP contribution in [0.2, 0.25) is 0 Å². The fraction of sp³-hybridized carbons (Fsp3) is 0.222. The van der Waals surface area contributed by atoms with Crippen LogP contribution in [0, 0.1) is 0 Å². The van der Waals surface area contributed by atoms with Gasteiger partial charge in [-0.25, -0.2) is 0 Å². The Kier molecular flexibility index (Phi) is 3.33. The molecule has 0 N–H and O–H groups in total. The first-order valence-corrected chi connectivity index (χ1v) is 6.31. The number of hydrogen-bond acceptors (Lipinski definition) is 4. The van der Waals surface area contributed by atoms with Gasteiger partial charge in [-0.05, 0) is 35.0 Å². The van der Waals surface area contributed by atoms with Crippen LogP contribution < -0.4 is 0 Å². The van der Waals surface area contributed by atoms with Gasteiger partial charge in [0.05, 0.1) is 5.38 Å². The van der Waals surface area contributed by atoms with E-state index in [4.69, 9.17) is 11.6 Å². The van der Waals surface area contributed by atoms with Crippen molar-refractivity contribution in [2.75, 3.05) is 0 Å².